The van der Waals surface area contributed by atoms with Crippen LogP contribution in [-0.4, -0.2) is 43.6 Å². The fourth-order valence-corrected chi connectivity index (χ4v) is 2.18. The lowest BCUT2D eigenvalue weighted by molar-refractivity contribution is 0.406. The third-order valence-electron chi connectivity index (χ3n) is 3.02. The highest BCUT2D eigenvalue weighted by Crippen LogP contribution is 2.26. The van der Waals surface area contributed by atoms with Crippen LogP contribution in [0.15, 0.2) is 12.1 Å². The van der Waals surface area contributed by atoms with Crippen molar-refractivity contribution in [2.45, 2.75) is 13.8 Å². The fraction of sp³-hybridized carbons (Fsp3) is 0.533. The maximum atomic E-state index is 14.3. The first-order chi connectivity index (χ1) is 9.72. The van der Waals surface area contributed by atoms with Crippen molar-refractivity contribution in [3.63, 3.8) is 0 Å². The summed E-state index contributed by atoms with van der Waals surface area (Å²) in [5.41, 5.74) is 5.64. The van der Waals surface area contributed by atoms with Gasteiger partial charge in [-0.05, 0) is 32.1 Å². The third-order valence-corrected chi connectivity index (χ3v) is 3.26. The van der Waals surface area contributed by atoms with E-state index in [1.807, 2.05) is 32.8 Å². The summed E-state index contributed by atoms with van der Waals surface area (Å²) in [5, 5.41) is 0. The number of thiocarbonyl (C=S) groups is 1. The van der Waals surface area contributed by atoms with Gasteiger partial charge in [-0.15, -0.1) is 0 Å². The van der Waals surface area contributed by atoms with E-state index in [-0.39, 0.29) is 16.2 Å². The van der Waals surface area contributed by atoms with Crippen LogP contribution in [0.5, 0.6) is 0 Å². The first-order valence-corrected chi connectivity index (χ1v) is 7.31. The first-order valence-electron chi connectivity index (χ1n) is 6.91. The highest BCUT2D eigenvalue weighted by molar-refractivity contribution is 7.80. The molecule has 0 atom stereocenters. The van der Waals surface area contributed by atoms with Crippen LogP contribution in [0.25, 0.3) is 0 Å². The maximum absolute atomic E-state index is 14.3. The second kappa shape index (κ2) is 7.66. The lowest BCUT2D eigenvalue weighted by Gasteiger charge is -2.29. The standard InChI is InChI=1S/C15H23F2N3S/c1-10(2)9-20(6-5-19(3)4)14-12(16)7-11(15(18)21)8-13(14)17/h7-8,10H,5-6,9H2,1-4H3,(H2,18,21). The van der Waals surface area contributed by atoms with Crippen LogP contribution in [0.3, 0.4) is 0 Å². The van der Waals surface area contributed by atoms with E-state index in [1.54, 1.807) is 4.90 Å². The van der Waals surface area contributed by atoms with Crippen molar-refractivity contribution >= 4 is 22.9 Å². The van der Waals surface area contributed by atoms with Gasteiger partial charge in [0.05, 0.1) is 0 Å². The molecule has 0 unspecified atom stereocenters. The summed E-state index contributed by atoms with van der Waals surface area (Å²) in [4.78, 5) is 3.70. The van der Waals surface area contributed by atoms with E-state index >= 15 is 0 Å². The normalized spacial score (nSPS) is 11.2. The van der Waals surface area contributed by atoms with Gasteiger partial charge in [0.15, 0.2) is 0 Å². The lowest BCUT2D eigenvalue weighted by atomic mass is 10.1. The van der Waals surface area contributed by atoms with Gasteiger partial charge >= 0.3 is 0 Å². The maximum Gasteiger partial charge on any atom is 0.150 e. The summed E-state index contributed by atoms with van der Waals surface area (Å²) in [7, 11) is 3.85. The summed E-state index contributed by atoms with van der Waals surface area (Å²) in [5.74, 6) is -0.962. The zero-order valence-corrected chi connectivity index (χ0v) is 13.8. The average molecular weight is 315 g/mol. The van der Waals surface area contributed by atoms with Crippen molar-refractivity contribution in [3.8, 4) is 0 Å². The molecule has 1 rings (SSSR count). The number of anilines is 1. The number of nitrogens with zero attached hydrogens (tertiary/aromatic N) is 2. The molecular formula is C15H23F2N3S. The Morgan fingerprint density at radius 3 is 2.10 bits per heavy atom. The molecule has 118 valence electrons. The van der Waals surface area contributed by atoms with Crippen LogP contribution in [0.4, 0.5) is 14.5 Å². The number of hydrogen-bond acceptors (Lipinski definition) is 3. The molecule has 0 radical (unpaired) electrons. The molecule has 0 aliphatic rings. The van der Waals surface area contributed by atoms with Gasteiger partial charge in [0.2, 0.25) is 0 Å². The Hall–Kier alpha value is -1.27. The van der Waals surface area contributed by atoms with Crippen LogP contribution in [-0.2, 0) is 0 Å². The zero-order chi connectivity index (χ0) is 16.2. The number of halogens is 2. The minimum absolute atomic E-state index is 0.00875. The number of likely N-dealkylation sites (N-methyl/N-ethyl adjacent to an activating group) is 1. The molecule has 2 N–H and O–H groups in total. The van der Waals surface area contributed by atoms with Gasteiger partial charge in [-0.1, -0.05) is 26.1 Å². The van der Waals surface area contributed by atoms with Crippen LogP contribution in [0.2, 0.25) is 0 Å². The van der Waals surface area contributed by atoms with Gasteiger partial charge in [-0.3, -0.25) is 0 Å². The van der Waals surface area contributed by atoms with E-state index in [1.165, 1.54) is 12.1 Å². The second-order valence-electron chi connectivity index (χ2n) is 5.80. The molecule has 1 aromatic rings. The van der Waals surface area contributed by atoms with E-state index in [0.29, 0.717) is 25.6 Å². The van der Waals surface area contributed by atoms with Crippen molar-refractivity contribution in [3.05, 3.63) is 29.3 Å². The van der Waals surface area contributed by atoms with E-state index in [2.05, 4.69) is 0 Å². The molecule has 0 heterocycles. The Bertz CT molecular complexity index is 481. The molecule has 21 heavy (non-hydrogen) atoms. The average Bonchev–Trinajstić information content (AvgIpc) is 2.33. The van der Waals surface area contributed by atoms with Crippen molar-refractivity contribution in [2.75, 3.05) is 38.6 Å². The van der Waals surface area contributed by atoms with E-state index in [4.69, 9.17) is 18.0 Å². The summed E-state index contributed by atoms with van der Waals surface area (Å²) < 4.78 is 28.6. The third kappa shape index (κ3) is 5.21. The molecule has 0 aliphatic carbocycles. The quantitative estimate of drug-likeness (QED) is 0.784. The number of benzene rings is 1. The Morgan fingerprint density at radius 2 is 1.71 bits per heavy atom. The summed E-state index contributed by atoms with van der Waals surface area (Å²) in [6.45, 7) is 5.87. The lowest BCUT2D eigenvalue weighted by Crippen LogP contribution is -2.35. The van der Waals surface area contributed by atoms with Gasteiger partial charge in [-0.25, -0.2) is 8.78 Å². The number of nitrogens with two attached hydrogens (primary N) is 1. The molecule has 0 spiro atoms. The topological polar surface area (TPSA) is 32.5 Å². The van der Waals surface area contributed by atoms with Crippen molar-refractivity contribution in [1.29, 1.82) is 0 Å². The predicted octanol–water partition coefficient (Wildman–Crippen LogP) is 2.62. The fourth-order valence-electron chi connectivity index (χ4n) is 2.07. The molecule has 3 nitrogen and oxygen atoms in total. The minimum atomic E-state index is -0.628. The monoisotopic (exact) mass is 315 g/mol. The van der Waals surface area contributed by atoms with Gasteiger partial charge in [0.25, 0.3) is 0 Å². The summed E-state index contributed by atoms with van der Waals surface area (Å²) in [6.07, 6.45) is 0. The van der Waals surface area contributed by atoms with Gasteiger partial charge in [-0.2, -0.15) is 0 Å². The van der Waals surface area contributed by atoms with Crippen LogP contribution in [0, 0.1) is 17.6 Å². The summed E-state index contributed by atoms with van der Waals surface area (Å²) >= 11 is 4.77. The van der Waals surface area contributed by atoms with Crippen molar-refractivity contribution in [2.24, 2.45) is 11.7 Å². The van der Waals surface area contributed by atoms with Crippen LogP contribution < -0.4 is 10.6 Å². The Labute approximate surface area is 130 Å². The Kier molecular flexibility index (Phi) is 6.48. The van der Waals surface area contributed by atoms with Crippen molar-refractivity contribution < 1.29 is 8.78 Å². The smallest absolute Gasteiger partial charge is 0.150 e. The molecule has 0 saturated heterocycles. The SMILES string of the molecule is CC(C)CN(CCN(C)C)c1c(F)cc(C(N)=S)cc1F. The minimum Gasteiger partial charge on any atom is -0.389 e. The molecule has 0 bridgehead atoms. The number of rotatable bonds is 7. The van der Waals surface area contributed by atoms with Gasteiger partial charge < -0.3 is 15.5 Å². The highest BCUT2D eigenvalue weighted by Gasteiger charge is 2.19. The van der Waals surface area contributed by atoms with Crippen LogP contribution in [0.1, 0.15) is 19.4 Å². The van der Waals surface area contributed by atoms with Crippen LogP contribution >= 0.6 is 12.2 Å². The molecule has 0 aliphatic heterocycles. The molecule has 0 amide bonds. The van der Waals surface area contributed by atoms with Gasteiger partial charge in [0.1, 0.15) is 22.3 Å². The second-order valence-corrected chi connectivity index (χ2v) is 6.24. The molecule has 0 fully saturated rings. The Balaban J connectivity index is 3.14. The molecular weight excluding hydrogens is 292 g/mol. The van der Waals surface area contributed by atoms with Crippen molar-refractivity contribution in [1.82, 2.24) is 4.90 Å². The van der Waals surface area contributed by atoms with E-state index in [0.717, 1.165) is 0 Å². The highest BCUT2D eigenvalue weighted by atomic mass is 32.1. The summed E-state index contributed by atoms with van der Waals surface area (Å²) in [6, 6.07) is 2.40. The first kappa shape index (κ1) is 17.8. The van der Waals surface area contributed by atoms with Gasteiger partial charge in [0, 0.05) is 25.2 Å². The predicted molar refractivity (Wildman–Crippen MR) is 87.9 cm³/mol. The largest absolute Gasteiger partial charge is 0.389 e. The molecule has 0 saturated carbocycles. The van der Waals surface area contributed by atoms with E-state index < -0.39 is 11.6 Å². The number of hydrogen-bond donors (Lipinski definition) is 1. The molecule has 0 aromatic heterocycles. The Morgan fingerprint density at radius 1 is 1.19 bits per heavy atom. The molecule has 1 aromatic carbocycles. The zero-order valence-electron chi connectivity index (χ0n) is 13.0. The molecule has 6 heteroatoms. The van der Waals surface area contributed by atoms with E-state index in [9.17, 15) is 8.78 Å².